The molecule has 76 valence electrons. The van der Waals surface area contributed by atoms with Gasteiger partial charge in [0.2, 0.25) is 0 Å². The number of nitro groups is 1. The van der Waals surface area contributed by atoms with Crippen molar-refractivity contribution in [1.29, 1.82) is 0 Å². The van der Waals surface area contributed by atoms with E-state index in [0.29, 0.717) is 23.2 Å². The Morgan fingerprint density at radius 1 is 1.57 bits per heavy atom. The van der Waals surface area contributed by atoms with Gasteiger partial charge in [0.1, 0.15) is 0 Å². The van der Waals surface area contributed by atoms with E-state index in [1.54, 1.807) is 13.0 Å². The topological polar surface area (TPSA) is 89.4 Å². The van der Waals surface area contributed by atoms with Gasteiger partial charge < -0.3 is 10.8 Å². The maximum absolute atomic E-state index is 10.6. The van der Waals surface area contributed by atoms with E-state index in [2.05, 4.69) is 0 Å². The van der Waals surface area contributed by atoms with Gasteiger partial charge in [-0.3, -0.25) is 10.1 Å². The van der Waals surface area contributed by atoms with E-state index < -0.39 is 4.92 Å². The summed E-state index contributed by atoms with van der Waals surface area (Å²) in [4.78, 5) is 10.1. The number of aliphatic hydroxyl groups is 1. The van der Waals surface area contributed by atoms with Crippen LogP contribution in [0.4, 0.5) is 11.4 Å². The van der Waals surface area contributed by atoms with Gasteiger partial charge in [0.05, 0.1) is 4.92 Å². The Balaban J connectivity index is 3.20. The highest BCUT2D eigenvalue weighted by Gasteiger charge is 2.13. The molecule has 0 amide bonds. The number of nitrogens with zero attached hydrogens (tertiary/aromatic N) is 1. The average molecular weight is 196 g/mol. The third-order valence-electron chi connectivity index (χ3n) is 2.04. The minimum Gasteiger partial charge on any atom is -0.398 e. The van der Waals surface area contributed by atoms with Gasteiger partial charge in [-0.15, -0.1) is 0 Å². The highest BCUT2D eigenvalue weighted by atomic mass is 16.6. The number of rotatable bonds is 3. The highest BCUT2D eigenvalue weighted by molar-refractivity contribution is 5.57. The second-order valence-electron chi connectivity index (χ2n) is 3.07. The molecule has 0 heterocycles. The standard InChI is InChI=1S/C9H12N2O3/c1-6-4-8(10)7(2-3-12)5-9(6)11(13)14/h4-5,12H,2-3,10H2,1H3. The van der Waals surface area contributed by atoms with Crippen molar-refractivity contribution in [2.75, 3.05) is 12.3 Å². The van der Waals surface area contributed by atoms with Crippen molar-refractivity contribution < 1.29 is 10.0 Å². The van der Waals surface area contributed by atoms with Crippen LogP contribution in [0.5, 0.6) is 0 Å². The summed E-state index contributed by atoms with van der Waals surface area (Å²) in [7, 11) is 0. The molecule has 3 N–H and O–H groups in total. The van der Waals surface area contributed by atoms with Gasteiger partial charge in [-0.2, -0.15) is 0 Å². The molecule has 0 saturated carbocycles. The number of nitro benzene ring substituents is 1. The van der Waals surface area contributed by atoms with Crippen molar-refractivity contribution >= 4 is 11.4 Å². The molecule has 0 bridgehead atoms. The summed E-state index contributed by atoms with van der Waals surface area (Å²) in [6.45, 7) is 1.57. The SMILES string of the molecule is Cc1cc(N)c(CCO)cc1[N+](=O)[O-]. The summed E-state index contributed by atoms with van der Waals surface area (Å²) in [5.74, 6) is 0. The predicted molar refractivity (Wildman–Crippen MR) is 53.0 cm³/mol. The van der Waals surface area contributed by atoms with E-state index in [1.807, 2.05) is 0 Å². The molecule has 0 aliphatic carbocycles. The van der Waals surface area contributed by atoms with Crippen LogP contribution in [-0.2, 0) is 6.42 Å². The van der Waals surface area contributed by atoms with Crippen LogP contribution in [-0.4, -0.2) is 16.6 Å². The molecule has 1 rings (SSSR count). The highest BCUT2D eigenvalue weighted by Crippen LogP contribution is 2.24. The Labute approximate surface area is 81.3 Å². The second-order valence-corrected chi connectivity index (χ2v) is 3.07. The van der Waals surface area contributed by atoms with Crippen LogP contribution in [0.15, 0.2) is 12.1 Å². The van der Waals surface area contributed by atoms with Crippen molar-refractivity contribution in [3.8, 4) is 0 Å². The molecule has 0 aliphatic heterocycles. The normalized spacial score (nSPS) is 10.1. The fourth-order valence-corrected chi connectivity index (χ4v) is 1.30. The largest absolute Gasteiger partial charge is 0.398 e. The van der Waals surface area contributed by atoms with Gasteiger partial charge in [0.25, 0.3) is 5.69 Å². The van der Waals surface area contributed by atoms with Crippen LogP contribution in [0.25, 0.3) is 0 Å². The molecule has 14 heavy (non-hydrogen) atoms. The third kappa shape index (κ3) is 2.00. The first-order valence-electron chi connectivity index (χ1n) is 4.20. The Hall–Kier alpha value is -1.62. The van der Waals surface area contributed by atoms with Crippen molar-refractivity contribution in [2.45, 2.75) is 13.3 Å². The summed E-state index contributed by atoms with van der Waals surface area (Å²) in [6.07, 6.45) is 0.340. The molecule has 0 unspecified atom stereocenters. The summed E-state index contributed by atoms with van der Waals surface area (Å²) >= 11 is 0. The fourth-order valence-electron chi connectivity index (χ4n) is 1.30. The molecule has 5 heteroatoms. The third-order valence-corrected chi connectivity index (χ3v) is 2.04. The van der Waals surface area contributed by atoms with Crippen molar-refractivity contribution in [3.05, 3.63) is 33.4 Å². The van der Waals surface area contributed by atoms with E-state index in [-0.39, 0.29) is 12.3 Å². The lowest BCUT2D eigenvalue weighted by atomic mass is 10.1. The molecule has 0 aliphatic rings. The van der Waals surface area contributed by atoms with Crippen molar-refractivity contribution in [1.82, 2.24) is 0 Å². The molecular weight excluding hydrogens is 184 g/mol. The zero-order valence-electron chi connectivity index (χ0n) is 7.86. The predicted octanol–water partition coefficient (Wildman–Crippen LogP) is 1.02. The maximum atomic E-state index is 10.6. The summed E-state index contributed by atoms with van der Waals surface area (Å²) < 4.78 is 0. The molecule has 1 aromatic carbocycles. The van der Waals surface area contributed by atoms with Crippen LogP contribution in [0.3, 0.4) is 0 Å². The van der Waals surface area contributed by atoms with Gasteiger partial charge in [-0.25, -0.2) is 0 Å². The Morgan fingerprint density at radius 2 is 2.21 bits per heavy atom. The lowest BCUT2D eigenvalue weighted by Gasteiger charge is -2.05. The van der Waals surface area contributed by atoms with Crippen molar-refractivity contribution in [2.24, 2.45) is 0 Å². The van der Waals surface area contributed by atoms with Crippen LogP contribution >= 0.6 is 0 Å². The maximum Gasteiger partial charge on any atom is 0.272 e. The molecule has 0 saturated heterocycles. The van der Waals surface area contributed by atoms with E-state index in [4.69, 9.17) is 10.8 Å². The lowest BCUT2D eigenvalue weighted by molar-refractivity contribution is -0.385. The van der Waals surface area contributed by atoms with E-state index in [9.17, 15) is 10.1 Å². The number of hydrogen-bond acceptors (Lipinski definition) is 4. The summed E-state index contributed by atoms with van der Waals surface area (Å²) in [6, 6.07) is 2.98. The first-order chi connectivity index (χ1) is 6.56. The van der Waals surface area contributed by atoms with Crippen molar-refractivity contribution in [3.63, 3.8) is 0 Å². The number of hydrogen-bond donors (Lipinski definition) is 2. The zero-order valence-corrected chi connectivity index (χ0v) is 7.86. The Morgan fingerprint density at radius 3 is 2.71 bits per heavy atom. The van der Waals surface area contributed by atoms with Gasteiger partial charge >= 0.3 is 0 Å². The van der Waals surface area contributed by atoms with Gasteiger partial charge in [-0.05, 0) is 25.0 Å². The van der Waals surface area contributed by atoms with Gasteiger partial charge in [-0.1, -0.05) is 0 Å². The molecule has 1 aromatic rings. The number of anilines is 1. The molecule has 5 nitrogen and oxygen atoms in total. The summed E-state index contributed by atoms with van der Waals surface area (Å²) in [5, 5.41) is 19.3. The van der Waals surface area contributed by atoms with E-state index >= 15 is 0 Å². The number of benzene rings is 1. The second kappa shape index (κ2) is 4.06. The number of nitrogen functional groups attached to an aromatic ring is 1. The molecular formula is C9H12N2O3. The first kappa shape index (κ1) is 10.5. The fraction of sp³-hybridized carbons (Fsp3) is 0.333. The van der Waals surface area contributed by atoms with Crippen LogP contribution < -0.4 is 5.73 Å². The quantitative estimate of drug-likeness (QED) is 0.429. The molecule has 0 spiro atoms. The first-order valence-corrected chi connectivity index (χ1v) is 4.20. The van der Waals surface area contributed by atoms with Crippen LogP contribution in [0.2, 0.25) is 0 Å². The minimum atomic E-state index is -0.449. The Kier molecular flexibility index (Phi) is 3.03. The Bertz CT molecular complexity index is 363. The minimum absolute atomic E-state index is 0.0441. The number of aryl methyl sites for hydroxylation is 1. The zero-order chi connectivity index (χ0) is 10.7. The average Bonchev–Trinajstić information content (AvgIpc) is 2.09. The van der Waals surface area contributed by atoms with E-state index in [1.165, 1.54) is 6.07 Å². The molecule has 0 atom stereocenters. The van der Waals surface area contributed by atoms with Gasteiger partial charge in [0, 0.05) is 23.9 Å². The number of nitrogens with two attached hydrogens (primary N) is 1. The smallest absolute Gasteiger partial charge is 0.272 e. The van der Waals surface area contributed by atoms with Crippen LogP contribution in [0, 0.1) is 17.0 Å². The lowest BCUT2D eigenvalue weighted by Crippen LogP contribution is -2.01. The molecule has 0 aromatic heterocycles. The summed E-state index contributed by atoms with van der Waals surface area (Å²) in [5.41, 5.74) is 7.33. The monoisotopic (exact) mass is 196 g/mol. The van der Waals surface area contributed by atoms with Crippen LogP contribution in [0.1, 0.15) is 11.1 Å². The van der Waals surface area contributed by atoms with E-state index in [0.717, 1.165) is 0 Å². The number of aliphatic hydroxyl groups excluding tert-OH is 1. The van der Waals surface area contributed by atoms with Gasteiger partial charge in [0.15, 0.2) is 0 Å². The molecule has 0 radical (unpaired) electrons. The molecule has 0 fully saturated rings.